The van der Waals surface area contributed by atoms with Crippen LogP contribution in [0.4, 0.5) is 5.69 Å². The van der Waals surface area contributed by atoms with Crippen molar-refractivity contribution < 1.29 is 13.2 Å². The van der Waals surface area contributed by atoms with Gasteiger partial charge in [0.1, 0.15) is 4.60 Å². The van der Waals surface area contributed by atoms with Gasteiger partial charge < -0.3 is 5.32 Å². The Labute approximate surface area is 130 Å². The van der Waals surface area contributed by atoms with Crippen LogP contribution < -0.4 is 10.0 Å². The summed E-state index contributed by atoms with van der Waals surface area (Å²) in [6, 6.07) is 8.86. The number of carbonyl (C=O) groups is 1. The van der Waals surface area contributed by atoms with Gasteiger partial charge in [0.15, 0.2) is 0 Å². The van der Waals surface area contributed by atoms with E-state index in [0.717, 1.165) is 0 Å². The molecule has 1 aromatic heterocycles. The van der Waals surface area contributed by atoms with E-state index in [-0.39, 0.29) is 10.8 Å². The summed E-state index contributed by atoms with van der Waals surface area (Å²) in [4.78, 5) is 15.4. The fraction of sp³-hybridized carbons (Fsp3) is 0.0769. The first-order valence-electron chi connectivity index (χ1n) is 5.89. The Kier molecular flexibility index (Phi) is 4.59. The summed E-state index contributed by atoms with van der Waals surface area (Å²) in [5, 5.41) is 2.47. The van der Waals surface area contributed by atoms with Crippen LogP contribution in [0.1, 0.15) is 10.4 Å². The molecule has 6 nitrogen and oxygen atoms in total. The standard InChI is InChI=1S/C13H12BrN3O3S/c1-15-13(18)9-4-6-10(7-5-9)21(19,20)17-11-3-2-8-16-12(11)14/h2-8,17H,1H3,(H,15,18). The van der Waals surface area contributed by atoms with Gasteiger partial charge in [0, 0.05) is 18.8 Å². The van der Waals surface area contributed by atoms with Gasteiger partial charge in [-0.1, -0.05) is 0 Å². The lowest BCUT2D eigenvalue weighted by Gasteiger charge is -2.09. The topological polar surface area (TPSA) is 88.2 Å². The molecule has 0 spiro atoms. The first-order valence-corrected chi connectivity index (χ1v) is 8.17. The maximum Gasteiger partial charge on any atom is 0.261 e. The molecule has 0 aliphatic heterocycles. The van der Waals surface area contributed by atoms with Gasteiger partial charge in [0.25, 0.3) is 15.9 Å². The molecular formula is C13H12BrN3O3S. The van der Waals surface area contributed by atoms with Crippen LogP contribution in [0.15, 0.2) is 52.1 Å². The number of sulfonamides is 1. The molecule has 0 aliphatic carbocycles. The first-order chi connectivity index (χ1) is 9.94. The second-order valence-corrected chi connectivity index (χ2v) is 6.48. The molecule has 1 aromatic carbocycles. The van der Waals surface area contributed by atoms with E-state index in [2.05, 4.69) is 31.0 Å². The van der Waals surface area contributed by atoms with Crippen LogP contribution in [0, 0.1) is 0 Å². The number of nitrogens with zero attached hydrogens (tertiary/aromatic N) is 1. The van der Waals surface area contributed by atoms with E-state index in [4.69, 9.17) is 0 Å². The Morgan fingerprint density at radius 3 is 2.43 bits per heavy atom. The minimum absolute atomic E-state index is 0.0610. The van der Waals surface area contributed by atoms with Crippen LogP contribution >= 0.6 is 15.9 Å². The van der Waals surface area contributed by atoms with Crippen molar-refractivity contribution in [2.24, 2.45) is 0 Å². The highest BCUT2D eigenvalue weighted by Gasteiger charge is 2.16. The van der Waals surface area contributed by atoms with Gasteiger partial charge in [-0.25, -0.2) is 13.4 Å². The zero-order valence-electron chi connectivity index (χ0n) is 11.0. The van der Waals surface area contributed by atoms with Crippen molar-refractivity contribution in [1.82, 2.24) is 10.3 Å². The highest BCUT2D eigenvalue weighted by atomic mass is 79.9. The molecule has 0 fully saturated rings. The van der Waals surface area contributed by atoms with Crippen LogP contribution in [-0.2, 0) is 10.0 Å². The van der Waals surface area contributed by atoms with E-state index >= 15 is 0 Å². The summed E-state index contributed by atoms with van der Waals surface area (Å²) in [6.07, 6.45) is 1.54. The molecule has 0 saturated carbocycles. The van der Waals surface area contributed by atoms with Crippen LogP contribution in [0.2, 0.25) is 0 Å². The third kappa shape index (κ3) is 3.59. The lowest BCUT2D eigenvalue weighted by molar-refractivity contribution is 0.0963. The summed E-state index contributed by atoms with van der Waals surface area (Å²) in [5.74, 6) is -0.276. The van der Waals surface area contributed by atoms with Gasteiger partial charge in [-0.15, -0.1) is 0 Å². The number of carbonyl (C=O) groups excluding carboxylic acids is 1. The van der Waals surface area contributed by atoms with Gasteiger partial charge in [0.2, 0.25) is 0 Å². The first kappa shape index (κ1) is 15.5. The zero-order valence-corrected chi connectivity index (χ0v) is 13.4. The number of anilines is 1. The summed E-state index contributed by atoms with van der Waals surface area (Å²) in [5.41, 5.74) is 0.729. The van der Waals surface area contributed by atoms with Gasteiger partial charge in [-0.2, -0.15) is 0 Å². The minimum atomic E-state index is -3.74. The van der Waals surface area contributed by atoms with E-state index in [0.29, 0.717) is 15.9 Å². The van der Waals surface area contributed by atoms with E-state index in [9.17, 15) is 13.2 Å². The Morgan fingerprint density at radius 2 is 1.86 bits per heavy atom. The highest BCUT2D eigenvalue weighted by Crippen LogP contribution is 2.22. The quantitative estimate of drug-likeness (QED) is 0.806. The van der Waals surface area contributed by atoms with Crippen LogP contribution in [-0.4, -0.2) is 26.4 Å². The van der Waals surface area contributed by atoms with Crippen LogP contribution in [0.25, 0.3) is 0 Å². The molecule has 0 aliphatic rings. The molecule has 0 atom stereocenters. The highest BCUT2D eigenvalue weighted by molar-refractivity contribution is 9.10. The monoisotopic (exact) mass is 369 g/mol. The van der Waals surface area contributed by atoms with Crippen molar-refractivity contribution >= 4 is 37.5 Å². The molecule has 0 bridgehead atoms. The van der Waals surface area contributed by atoms with Crippen molar-refractivity contribution in [1.29, 1.82) is 0 Å². The Balaban J connectivity index is 2.28. The smallest absolute Gasteiger partial charge is 0.261 e. The molecule has 0 saturated heterocycles. The van der Waals surface area contributed by atoms with Gasteiger partial charge in [-0.3, -0.25) is 9.52 Å². The van der Waals surface area contributed by atoms with Crippen LogP contribution in [0.3, 0.4) is 0 Å². The van der Waals surface area contributed by atoms with Crippen molar-refractivity contribution in [2.45, 2.75) is 4.90 Å². The van der Waals surface area contributed by atoms with Crippen molar-refractivity contribution in [3.63, 3.8) is 0 Å². The van der Waals surface area contributed by atoms with Crippen molar-refractivity contribution in [3.8, 4) is 0 Å². The molecule has 1 heterocycles. The lowest BCUT2D eigenvalue weighted by Crippen LogP contribution is -2.18. The number of halogens is 1. The number of aromatic nitrogens is 1. The second kappa shape index (κ2) is 6.23. The number of amides is 1. The van der Waals surface area contributed by atoms with Gasteiger partial charge in [0.05, 0.1) is 10.6 Å². The van der Waals surface area contributed by atoms with E-state index in [1.165, 1.54) is 31.3 Å². The largest absolute Gasteiger partial charge is 0.355 e. The van der Waals surface area contributed by atoms with Crippen molar-refractivity contribution in [2.75, 3.05) is 11.8 Å². The Morgan fingerprint density at radius 1 is 1.19 bits per heavy atom. The number of hydrogen-bond donors (Lipinski definition) is 2. The number of benzene rings is 1. The summed E-state index contributed by atoms with van der Waals surface area (Å²) in [6.45, 7) is 0. The SMILES string of the molecule is CNC(=O)c1ccc(S(=O)(=O)Nc2cccnc2Br)cc1. The molecule has 8 heteroatoms. The Bertz CT molecular complexity index is 760. The fourth-order valence-corrected chi connectivity index (χ4v) is 3.14. The van der Waals surface area contributed by atoms with Crippen LogP contribution in [0.5, 0.6) is 0 Å². The molecule has 0 radical (unpaired) electrons. The molecule has 0 unspecified atom stereocenters. The minimum Gasteiger partial charge on any atom is -0.355 e. The molecule has 2 rings (SSSR count). The summed E-state index contributed by atoms with van der Waals surface area (Å²) in [7, 11) is -2.23. The predicted octanol–water partition coefficient (Wildman–Crippen LogP) is 2.00. The van der Waals surface area contributed by atoms with Gasteiger partial charge in [-0.05, 0) is 52.3 Å². The third-order valence-electron chi connectivity index (χ3n) is 2.66. The molecular weight excluding hydrogens is 358 g/mol. The number of nitrogens with one attached hydrogen (secondary N) is 2. The molecule has 2 aromatic rings. The van der Waals surface area contributed by atoms with E-state index < -0.39 is 10.0 Å². The summed E-state index contributed by atoms with van der Waals surface area (Å²) >= 11 is 3.17. The summed E-state index contributed by atoms with van der Waals surface area (Å²) < 4.78 is 27.3. The molecule has 21 heavy (non-hydrogen) atoms. The second-order valence-electron chi connectivity index (χ2n) is 4.05. The van der Waals surface area contributed by atoms with Gasteiger partial charge >= 0.3 is 0 Å². The fourth-order valence-electron chi connectivity index (χ4n) is 1.60. The molecule has 2 N–H and O–H groups in total. The maximum absolute atomic E-state index is 12.2. The zero-order chi connectivity index (χ0) is 15.5. The molecule has 110 valence electrons. The number of pyridine rings is 1. The van der Waals surface area contributed by atoms with E-state index in [1.54, 1.807) is 18.3 Å². The van der Waals surface area contributed by atoms with E-state index in [1.807, 2.05) is 0 Å². The predicted molar refractivity (Wildman–Crippen MR) is 82.6 cm³/mol. The molecule has 1 amide bonds. The maximum atomic E-state index is 12.2. The Hall–Kier alpha value is -1.93. The number of hydrogen-bond acceptors (Lipinski definition) is 4. The van der Waals surface area contributed by atoms with Crippen molar-refractivity contribution in [3.05, 3.63) is 52.8 Å². The average Bonchev–Trinajstić information content (AvgIpc) is 2.49. The number of rotatable bonds is 4. The third-order valence-corrected chi connectivity index (χ3v) is 4.67. The lowest BCUT2D eigenvalue weighted by atomic mass is 10.2. The average molecular weight is 370 g/mol. The normalized spacial score (nSPS) is 11.0.